The van der Waals surface area contributed by atoms with Crippen LogP contribution in [-0.2, 0) is 0 Å². The van der Waals surface area contributed by atoms with Crippen molar-refractivity contribution in [3.05, 3.63) is 28.8 Å². The van der Waals surface area contributed by atoms with Crippen molar-refractivity contribution in [2.45, 2.75) is 25.8 Å². The van der Waals surface area contributed by atoms with Crippen molar-refractivity contribution in [1.82, 2.24) is 4.90 Å². The third-order valence-corrected chi connectivity index (χ3v) is 4.67. The molecule has 3 aliphatic rings. The Morgan fingerprint density at radius 2 is 2.06 bits per heavy atom. The number of halogens is 1. The summed E-state index contributed by atoms with van der Waals surface area (Å²) < 4.78 is 0. The SMILES string of the molecule is Cc1c(Cl)cccc1NC1CN2CCC1CC2. The number of anilines is 1. The quantitative estimate of drug-likeness (QED) is 0.868. The Morgan fingerprint density at radius 1 is 1.29 bits per heavy atom. The number of rotatable bonds is 2. The maximum Gasteiger partial charge on any atom is 0.0455 e. The van der Waals surface area contributed by atoms with Crippen molar-refractivity contribution in [2.75, 3.05) is 25.0 Å². The molecule has 1 aromatic carbocycles. The summed E-state index contributed by atoms with van der Waals surface area (Å²) in [7, 11) is 0. The molecule has 0 amide bonds. The highest BCUT2D eigenvalue weighted by Gasteiger charge is 2.34. The topological polar surface area (TPSA) is 15.3 Å². The van der Waals surface area contributed by atoms with Crippen molar-refractivity contribution >= 4 is 17.3 Å². The second-order valence-electron chi connectivity index (χ2n) is 5.30. The van der Waals surface area contributed by atoms with Crippen molar-refractivity contribution in [3.63, 3.8) is 0 Å². The zero-order valence-corrected chi connectivity index (χ0v) is 11.0. The average molecular weight is 251 g/mol. The lowest BCUT2D eigenvalue weighted by Crippen LogP contribution is -2.53. The first-order valence-corrected chi connectivity index (χ1v) is 6.86. The predicted molar refractivity (Wildman–Crippen MR) is 72.8 cm³/mol. The van der Waals surface area contributed by atoms with E-state index in [2.05, 4.69) is 23.2 Å². The highest BCUT2D eigenvalue weighted by atomic mass is 35.5. The molecule has 4 rings (SSSR count). The first-order valence-electron chi connectivity index (χ1n) is 6.48. The van der Waals surface area contributed by atoms with E-state index in [1.165, 1.54) is 43.7 Å². The molecular formula is C14H19ClN2. The van der Waals surface area contributed by atoms with Crippen LogP contribution in [0.2, 0.25) is 5.02 Å². The van der Waals surface area contributed by atoms with Gasteiger partial charge in [0, 0.05) is 23.3 Å². The summed E-state index contributed by atoms with van der Waals surface area (Å²) in [6.07, 6.45) is 2.69. The van der Waals surface area contributed by atoms with E-state index in [0.29, 0.717) is 6.04 Å². The molecule has 2 bridgehead atoms. The molecule has 2 nitrogen and oxygen atoms in total. The zero-order valence-electron chi connectivity index (χ0n) is 10.2. The van der Waals surface area contributed by atoms with Crippen LogP contribution in [0.1, 0.15) is 18.4 Å². The molecule has 1 aromatic rings. The van der Waals surface area contributed by atoms with Gasteiger partial charge in [-0.25, -0.2) is 0 Å². The van der Waals surface area contributed by atoms with Gasteiger partial charge in [-0.05, 0) is 56.5 Å². The molecule has 92 valence electrons. The molecule has 3 saturated heterocycles. The summed E-state index contributed by atoms with van der Waals surface area (Å²) in [6, 6.07) is 6.73. The lowest BCUT2D eigenvalue weighted by atomic mass is 9.84. The fourth-order valence-corrected chi connectivity index (χ4v) is 3.27. The van der Waals surface area contributed by atoms with Crippen LogP contribution < -0.4 is 5.32 Å². The number of nitrogens with one attached hydrogen (secondary N) is 1. The molecule has 1 unspecified atom stereocenters. The van der Waals surface area contributed by atoms with Gasteiger partial charge in [0.15, 0.2) is 0 Å². The second-order valence-corrected chi connectivity index (χ2v) is 5.71. The summed E-state index contributed by atoms with van der Waals surface area (Å²) >= 11 is 6.16. The third kappa shape index (κ3) is 2.16. The molecule has 0 saturated carbocycles. The van der Waals surface area contributed by atoms with Gasteiger partial charge in [0.05, 0.1) is 0 Å². The van der Waals surface area contributed by atoms with Crippen molar-refractivity contribution < 1.29 is 0 Å². The van der Waals surface area contributed by atoms with Crippen molar-refractivity contribution in [2.24, 2.45) is 5.92 Å². The van der Waals surface area contributed by atoms with E-state index in [1.54, 1.807) is 0 Å². The Bertz CT molecular complexity index is 411. The molecule has 0 radical (unpaired) electrons. The van der Waals surface area contributed by atoms with Gasteiger partial charge in [-0.3, -0.25) is 0 Å². The molecule has 1 atom stereocenters. The van der Waals surface area contributed by atoms with Crippen LogP contribution in [-0.4, -0.2) is 30.6 Å². The Balaban J connectivity index is 1.76. The molecule has 3 heteroatoms. The first kappa shape index (κ1) is 11.4. The summed E-state index contributed by atoms with van der Waals surface area (Å²) in [5.41, 5.74) is 2.38. The van der Waals surface area contributed by atoms with E-state index in [1.807, 2.05) is 12.1 Å². The minimum absolute atomic E-state index is 0.606. The van der Waals surface area contributed by atoms with E-state index in [0.717, 1.165) is 10.9 Å². The Labute approximate surface area is 108 Å². The molecule has 3 aliphatic heterocycles. The van der Waals surface area contributed by atoms with Crippen molar-refractivity contribution in [1.29, 1.82) is 0 Å². The van der Waals surface area contributed by atoms with Gasteiger partial charge in [0.2, 0.25) is 0 Å². The van der Waals surface area contributed by atoms with Crippen LogP contribution >= 0.6 is 11.6 Å². The highest BCUT2D eigenvalue weighted by molar-refractivity contribution is 6.31. The molecule has 3 fully saturated rings. The molecule has 0 spiro atoms. The van der Waals surface area contributed by atoms with E-state index in [9.17, 15) is 0 Å². The summed E-state index contributed by atoms with van der Waals surface area (Å²) in [5, 5.41) is 4.55. The van der Waals surface area contributed by atoms with Gasteiger partial charge in [0.25, 0.3) is 0 Å². The van der Waals surface area contributed by atoms with Crippen LogP contribution in [0.4, 0.5) is 5.69 Å². The number of hydrogen-bond acceptors (Lipinski definition) is 2. The smallest absolute Gasteiger partial charge is 0.0455 e. The van der Waals surface area contributed by atoms with Crippen LogP contribution in [0.3, 0.4) is 0 Å². The van der Waals surface area contributed by atoms with E-state index in [4.69, 9.17) is 11.6 Å². The minimum Gasteiger partial charge on any atom is -0.380 e. The van der Waals surface area contributed by atoms with Crippen LogP contribution in [0.15, 0.2) is 18.2 Å². The van der Waals surface area contributed by atoms with Gasteiger partial charge < -0.3 is 10.2 Å². The Hall–Kier alpha value is -0.730. The predicted octanol–water partition coefficient (Wildman–Crippen LogP) is 3.15. The third-order valence-electron chi connectivity index (χ3n) is 4.26. The summed E-state index contributed by atoms with van der Waals surface area (Å²) in [4.78, 5) is 2.57. The van der Waals surface area contributed by atoms with E-state index < -0.39 is 0 Å². The van der Waals surface area contributed by atoms with Crippen LogP contribution in [0.5, 0.6) is 0 Å². The lowest BCUT2D eigenvalue weighted by molar-refractivity contribution is 0.0975. The summed E-state index contributed by atoms with van der Waals surface area (Å²) in [5.74, 6) is 0.846. The number of piperidine rings is 3. The maximum atomic E-state index is 6.16. The van der Waals surface area contributed by atoms with E-state index in [-0.39, 0.29) is 0 Å². The molecule has 17 heavy (non-hydrogen) atoms. The second kappa shape index (κ2) is 4.51. The fourth-order valence-electron chi connectivity index (χ4n) is 3.09. The zero-order chi connectivity index (χ0) is 11.8. The minimum atomic E-state index is 0.606. The number of hydrogen-bond donors (Lipinski definition) is 1. The van der Waals surface area contributed by atoms with Crippen molar-refractivity contribution in [3.8, 4) is 0 Å². The average Bonchev–Trinajstić information content (AvgIpc) is 2.36. The van der Waals surface area contributed by atoms with Gasteiger partial charge >= 0.3 is 0 Å². The molecule has 3 heterocycles. The molecular weight excluding hydrogens is 232 g/mol. The van der Waals surface area contributed by atoms with Gasteiger partial charge in [0.1, 0.15) is 0 Å². The van der Waals surface area contributed by atoms with Crippen LogP contribution in [0.25, 0.3) is 0 Å². The largest absolute Gasteiger partial charge is 0.380 e. The lowest BCUT2D eigenvalue weighted by Gasteiger charge is -2.45. The standard InChI is InChI=1S/C14H19ClN2/c1-10-12(15)3-2-4-13(10)16-14-9-17-7-5-11(14)6-8-17/h2-4,11,14,16H,5-9H2,1H3. The molecule has 0 aliphatic carbocycles. The molecule has 1 N–H and O–H groups in total. The monoisotopic (exact) mass is 250 g/mol. The van der Waals surface area contributed by atoms with Gasteiger partial charge in [-0.15, -0.1) is 0 Å². The number of nitrogens with zero attached hydrogens (tertiary/aromatic N) is 1. The number of benzene rings is 1. The van der Waals surface area contributed by atoms with E-state index >= 15 is 0 Å². The van der Waals surface area contributed by atoms with Gasteiger partial charge in [-0.2, -0.15) is 0 Å². The highest BCUT2D eigenvalue weighted by Crippen LogP contribution is 2.31. The number of fused-ring (bicyclic) bond motifs is 3. The fraction of sp³-hybridized carbons (Fsp3) is 0.571. The normalized spacial score (nSPS) is 31.5. The Kier molecular flexibility index (Phi) is 3.01. The first-order chi connectivity index (χ1) is 8.24. The maximum absolute atomic E-state index is 6.16. The Morgan fingerprint density at radius 3 is 2.71 bits per heavy atom. The summed E-state index contributed by atoms with van der Waals surface area (Å²) in [6.45, 7) is 5.86. The van der Waals surface area contributed by atoms with Crippen LogP contribution in [0, 0.1) is 12.8 Å². The van der Waals surface area contributed by atoms with Gasteiger partial charge in [-0.1, -0.05) is 17.7 Å². The molecule has 0 aromatic heterocycles.